The molecule has 1 aromatic carbocycles. The first kappa shape index (κ1) is 27.1. The number of aromatic nitrogens is 1. The molecule has 4 atom stereocenters. The van der Waals surface area contributed by atoms with E-state index < -0.39 is 34.9 Å². The van der Waals surface area contributed by atoms with E-state index in [0.29, 0.717) is 11.4 Å². The first-order valence-corrected chi connectivity index (χ1v) is 13.0. The van der Waals surface area contributed by atoms with Gasteiger partial charge in [0.05, 0.1) is 28.2 Å². The Balaban J connectivity index is 1.62. The molecule has 2 aromatic rings. The lowest BCUT2D eigenvalue weighted by Crippen LogP contribution is -2.58. The van der Waals surface area contributed by atoms with Crippen LogP contribution in [0.15, 0.2) is 34.8 Å². The molecular weight excluding hydrogens is 488 g/mol. The van der Waals surface area contributed by atoms with Crippen LogP contribution in [-0.4, -0.2) is 78.1 Å². The molecule has 1 fully saturated rings. The van der Waals surface area contributed by atoms with Gasteiger partial charge in [-0.25, -0.2) is 9.98 Å². The van der Waals surface area contributed by atoms with Crippen LogP contribution in [0.1, 0.15) is 45.4 Å². The number of aliphatic hydroxyl groups excluding tert-OH is 1. The summed E-state index contributed by atoms with van der Waals surface area (Å²) in [5, 5.41) is 16.0. The van der Waals surface area contributed by atoms with E-state index in [0.717, 1.165) is 23.3 Å². The lowest BCUT2D eigenvalue weighted by Gasteiger charge is -2.35. The number of β-amino-alcohol motifs (C(OH)–C–C–N with tert-alkyl or cyclic N) is 1. The number of amidine groups is 1. The number of carbonyl (C=O) groups is 3. The van der Waals surface area contributed by atoms with Crippen molar-refractivity contribution < 1.29 is 19.5 Å². The Morgan fingerprint density at radius 2 is 2.00 bits per heavy atom. The van der Waals surface area contributed by atoms with Gasteiger partial charge in [-0.3, -0.25) is 14.4 Å². The summed E-state index contributed by atoms with van der Waals surface area (Å²) < 4.78 is 0. The molecule has 0 saturated carbocycles. The molecule has 191 valence electrons. The number of nitrogens with one attached hydrogen (secondary N) is 2. The van der Waals surface area contributed by atoms with E-state index in [2.05, 4.69) is 15.6 Å². The predicted molar refractivity (Wildman–Crippen MR) is 145 cm³/mol. The first-order valence-electron chi connectivity index (χ1n) is 12.1. The average Bonchev–Trinajstić information content (AvgIpc) is 3.53. The van der Waals surface area contributed by atoms with Crippen molar-refractivity contribution in [2.45, 2.75) is 64.8 Å². The zero-order chi connectivity index (χ0) is 27.1. The molecule has 0 spiro atoms. The third-order valence-electron chi connectivity index (χ3n) is 6.91. The number of benzene rings is 1. The van der Waals surface area contributed by atoms with Gasteiger partial charge in [0.15, 0.2) is 18.5 Å². The highest BCUT2D eigenvalue weighted by atomic mass is 32.1. The quantitative estimate of drug-likeness (QED) is 0.503. The molecule has 37 heavy (non-hydrogen) atoms. The van der Waals surface area contributed by atoms with Crippen LogP contribution in [0.25, 0.3) is 10.4 Å². The fraction of sp³-hybridized carbons (Fsp3) is 0.480. The van der Waals surface area contributed by atoms with Crippen molar-refractivity contribution in [1.82, 2.24) is 20.5 Å². The third kappa shape index (κ3) is 5.22. The second-order valence-electron chi connectivity index (χ2n) is 10.7. The number of aliphatic hydroxyl groups is 1. The van der Waals surface area contributed by atoms with E-state index in [4.69, 9.17) is 12.7 Å². The maximum atomic E-state index is 13.6. The zero-order valence-electron chi connectivity index (χ0n) is 21.6. The Labute approximate surface area is 222 Å². The maximum absolute atomic E-state index is 13.6. The fourth-order valence-corrected chi connectivity index (χ4v) is 5.57. The van der Waals surface area contributed by atoms with Gasteiger partial charge in [0.25, 0.3) is 5.91 Å². The number of likely N-dealkylation sites (tertiary alicyclic amines) is 1. The average molecular weight is 518 g/mol. The van der Waals surface area contributed by atoms with Crippen LogP contribution in [0, 0.1) is 12.3 Å². The van der Waals surface area contributed by atoms with Crippen LogP contribution in [0.5, 0.6) is 0 Å². The number of aliphatic imine (C=N–C) groups is 1. The zero-order valence-corrected chi connectivity index (χ0v) is 22.4. The fourth-order valence-electron chi connectivity index (χ4n) is 4.76. The Morgan fingerprint density at radius 1 is 1.32 bits per heavy atom. The Morgan fingerprint density at radius 3 is 2.57 bits per heavy atom. The second-order valence-corrected chi connectivity index (χ2v) is 11.6. The number of aryl methyl sites for hydroxylation is 1. The van der Waals surface area contributed by atoms with Crippen LogP contribution in [0.2, 0.25) is 0 Å². The van der Waals surface area contributed by atoms with Gasteiger partial charge in [-0.2, -0.15) is 0 Å². The first-order chi connectivity index (χ1) is 17.3. The Bertz CT molecular complexity index is 1240. The van der Waals surface area contributed by atoms with Crippen molar-refractivity contribution in [3.63, 3.8) is 0 Å². The van der Waals surface area contributed by atoms with E-state index in [1.165, 1.54) is 4.90 Å². The largest absolute Gasteiger partial charge is 0.391 e. The summed E-state index contributed by atoms with van der Waals surface area (Å²) in [6.07, 6.45) is -0.571. The highest BCUT2D eigenvalue weighted by molar-refractivity contribution is 7.13. The highest BCUT2D eigenvalue weighted by Crippen LogP contribution is 2.35. The van der Waals surface area contributed by atoms with Crippen molar-refractivity contribution in [2.24, 2.45) is 10.4 Å². The summed E-state index contributed by atoms with van der Waals surface area (Å²) >= 11 is 1.56. The van der Waals surface area contributed by atoms with Crippen molar-refractivity contribution in [3.8, 4) is 10.4 Å². The van der Waals surface area contributed by atoms with Gasteiger partial charge < -0.3 is 20.6 Å². The third-order valence-corrected chi connectivity index (χ3v) is 7.89. The molecule has 2 aliphatic rings. The normalized spacial score (nSPS) is 24.4. The SMILES string of the molecule is [B][B]C(=O)NC(C(=O)N1C[C@H](O)C[C@H]1C1=NC(C)(c2ccc(-c3scnc3C)cc2)C(=O)N1)C(C)(C)C. The maximum Gasteiger partial charge on any atom is 0.257 e. The molecule has 3 radical (unpaired) electrons. The van der Waals surface area contributed by atoms with E-state index in [1.807, 2.05) is 52.0 Å². The molecule has 2 aliphatic heterocycles. The molecule has 0 aliphatic carbocycles. The van der Waals surface area contributed by atoms with Crippen LogP contribution < -0.4 is 10.6 Å². The van der Waals surface area contributed by atoms with Crippen molar-refractivity contribution >= 4 is 49.7 Å². The van der Waals surface area contributed by atoms with Crippen LogP contribution in [0.4, 0.5) is 4.79 Å². The number of carbonyl (C=O) groups excluding carboxylic acids is 3. The summed E-state index contributed by atoms with van der Waals surface area (Å²) in [4.78, 5) is 50.4. The van der Waals surface area contributed by atoms with Gasteiger partial charge in [-0.15, -0.1) is 11.3 Å². The van der Waals surface area contributed by atoms with Gasteiger partial charge in [0.2, 0.25) is 5.91 Å². The van der Waals surface area contributed by atoms with Gasteiger partial charge in [-0.05, 0) is 30.4 Å². The summed E-state index contributed by atoms with van der Waals surface area (Å²) in [7, 11) is 6.21. The summed E-state index contributed by atoms with van der Waals surface area (Å²) in [5.74, 6) is -0.930. The number of thiazole rings is 1. The van der Waals surface area contributed by atoms with E-state index in [1.54, 1.807) is 23.8 Å². The van der Waals surface area contributed by atoms with Gasteiger partial charge in [0.1, 0.15) is 11.9 Å². The summed E-state index contributed by atoms with van der Waals surface area (Å²) in [5.41, 5.74) is 2.65. The molecular formula is C25H30B2N5O4S. The van der Waals surface area contributed by atoms with Crippen molar-refractivity contribution in [1.29, 1.82) is 0 Å². The molecule has 3 heterocycles. The molecule has 0 bridgehead atoms. The van der Waals surface area contributed by atoms with Crippen LogP contribution in [-0.2, 0) is 15.1 Å². The summed E-state index contributed by atoms with van der Waals surface area (Å²) in [6, 6.07) is 6.11. The lowest BCUT2D eigenvalue weighted by molar-refractivity contribution is -0.136. The van der Waals surface area contributed by atoms with Crippen molar-refractivity contribution in [3.05, 3.63) is 41.0 Å². The minimum Gasteiger partial charge on any atom is -0.391 e. The number of hydrogen-bond donors (Lipinski definition) is 3. The number of hydrogen-bond acceptors (Lipinski definition) is 7. The van der Waals surface area contributed by atoms with Crippen LogP contribution >= 0.6 is 11.3 Å². The molecule has 1 aromatic heterocycles. The molecule has 12 heteroatoms. The Hall–Kier alpha value is -2.98. The predicted octanol–water partition coefficient (Wildman–Crippen LogP) is 1.74. The molecule has 9 nitrogen and oxygen atoms in total. The molecule has 2 unspecified atom stereocenters. The van der Waals surface area contributed by atoms with Crippen LogP contribution in [0.3, 0.4) is 0 Å². The monoisotopic (exact) mass is 518 g/mol. The van der Waals surface area contributed by atoms with Gasteiger partial charge >= 0.3 is 0 Å². The van der Waals surface area contributed by atoms with Gasteiger partial charge in [0, 0.05) is 20.7 Å². The standard InChI is InChI=1S/C25H30B2N5O4S/c1-13-18(37-12-28-13)14-6-8-15(9-7-14)25(5)22(35)30-20(31-25)17-10-16(33)11-32(17)21(34)19(24(2,3)4)29-23(36)27-26/h6-9,12,16-17,19,33H,10-11H2,1-5H3,(H,29,36)(H,30,31,35)/t16-,17+,19?,25?/m1/s1. The van der Waals surface area contributed by atoms with E-state index >= 15 is 0 Å². The minimum absolute atomic E-state index is 0.0623. The second kappa shape index (κ2) is 10.1. The molecule has 3 N–H and O–H groups in total. The minimum atomic E-state index is -1.19. The number of nitrogens with zero attached hydrogens (tertiary/aromatic N) is 3. The molecule has 3 amide bonds. The van der Waals surface area contributed by atoms with E-state index in [9.17, 15) is 19.5 Å². The summed E-state index contributed by atoms with van der Waals surface area (Å²) in [6.45, 7) is 9.24. The van der Waals surface area contributed by atoms with E-state index in [-0.39, 0.29) is 24.8 Å². The molecule has 4 rings (SSSR count). The smallest absolute Gasteiger partial charge is 0.257 e. The number of amides is 3. The van der Waals surface area contributed by atoms with Gasteiger partial charge in [-0.1, -0.05) is 45.0 Å². The lowest BCUT2D eigenvalue weighted by atomic mass is 9.55. The van der Waals surface area contributed by atoms with Crippen molar-refractivity contribution in [2.75, 3.05) is 6.54 Å². The topological polar surface area (TPSA) is 124 Å². The Kier molecular flexibility index (Phi) is 7.36. The highest BCUT2D eigenvalue weighted by Gasteiger charge is 2.48. The molecule has 1 saturated heterocycles. The number of rotatable bonds is 6.